The van der Waals surface area contributed by atoms with Crippen molar-refractivity contribution >= 4 is 113 Å². The molecule has 0 aliphatic heterocycles. The van der Waals surface area contributed by atoms with Gasteiger partial charge in [0, 0.05) is 15.2 Å². The highest BCUT2D eigenvalue weighted by Crippen LogP contribution is 2.35. The van der Waals surface area contributed by atoms with Gasteiger partial charge in [-0.1, -0.05) is 74.2 Å². The molecular weight excluding hydrogens is 451 g/mol. The molecule has 0 aliphatic carbocycles. The lowest BCUT2D eigenvalue weighted by molar-refractivity contribution is 0.670. The van der Waals surface area contributed by atoms with Crippen LogP contribution in [0.4, 0.5) is 0 Å². The number of fused-ring (bicyclic) bond motifs is 5. The number of hydrogen-bond acceptors (Lipinski definition) is 1. The maximum atomic E-state index is 6.26. The average Bonchev–Trinajstić information content (AvgIpc) is 3.14. The molecule has 148 valence electrons. The van der Waals surface area contributed by atoms with E-state index in [4.69, 9.17) is 4.42 Å². The van der Waals surface area contributed by atoms with Crippen molar-refractivity contribution in [3.63, 3.8) is 0 Å². The van der Waals surface area contributed by atoms with Crippen molar-refractivity contribution in [3.8, 4) is 11.1 Å². The van der Waals surface area contributed by atoms with Gasteiger partial charge in [0.05, 0.1) is 0 Å². The molecule has 6 rings (SSSR count). The van der Waals surface area contributed by atoms with Crippen molar-refractivity contribution in [1.82, 2.24) is 0 Å². The molecule has 0 atom stereocenters. The highest BCUT2D eigenvalue weighted by Gasteiger charge is 2.15. The van der Waals surface area contributed by atoms with Crippen LogP contribution in [0.2, 0.25) is 0 Å². The summed E-state index contributed by atoms with van der Waals surface area (Å²) in [5, 5.41) is 7.23. The highest BCUT2D eigenvalue weighted by atomic mass is 79.9. The number of halogens is 1. The Morgan fingerprint density at radius 1 is 0.562 bits per heavy atom. The lowest BCUT2D eigenvalue weighted by Crippen LogP contribution is -2.43. The van der Waals surface area contributed by atoms with Crippen LogP contribution in [-0.2, 0) is 0 Å². The molecule has 0 radical (unpaired) electrons. The fourth-order valence-electron chi connectivity index (χ4n) is 5.06. The van der Waals surface area contributed by atoms with Gasteiger partial charge in [0.15, 0.2) is 0 Å². The predicted octanol–water partition coefficient (Wildman–Crippen LogP) is 1.36. The van der Waals surface area contributed by atoms with E-state index < -0.39 is 0 Å². The van der Waals surface area contributed by atoms with Gasteiger partial charge in [-0.05, 0) is 63.0 Å². The fraction of sp³-hybridized carbons (Fsp3) is 0. The standard InChI is InChI=1S/C26H19B4BrO/c27-22-21(23(28)25(30)26(31)24(22)29)15-6-5-14-11-20-18(9-16(14)7-15)17-8-12-3-1-2-4-13(12)10-19(17)32-20/h1-11H,27-30H2. The molecule has 1 heterocycles. The maximum Gasteiger partial charge on any atom is 0.140 e. The first kappa shape index (κ1) is 19.8. The Morgan fingerprint density at radius 3 is 1.72 bits per heavy atom. The molecule has 5 aromatic carbocycles. The van der Waals surface area contributed by atoms with Crippen LogP contribution in [0.3, 0.4) is 0 Å². The van der Waals surface area contributed by atoms with Gasteiger partial charge < -0.3 is 4.42 Å². The van der Waals surface area contributed by atoms with Gasteiger partial charge in [-0.2, -0.15) is 0 Å². The van der Waals surface area contributed by atoms with Crippen LogP contribution in [0.15, 0.2) is 75.6 Å². The molecule has 6 heteroatoms. The molecule has 1 aromatic heterocycles. The zero-order valence-electron chi connectivity index (χ0n) is 18.6. The van der Waals surface area contributed by atoms with Crippen LogP contribution in [0.5, 0.6) is 0 Å². The van der Waals surface area contributed by atoms with Gasteiger partial charge in [0.1, 0.15) is 42.6 Å². The third kappa shape index (κ3) is 2.82. The Balaban J connectivity index is 1.63. The van der Waals surface area contributed by atoms with Crippen molar-refractivity contribution < 1.29 is 4.42 Å². The Kier molecular flexibility index (Phi) is 4.39. The monoisotopic (exact) mass is 470 g/mol. The molecule has 0 saturated heterocycles. The quantitative estimate of drug-likeness (QED) is 0.331. The van der Waals surface area contributed by atoms with Crippen LogP contribution >= 0.6 is 15.9 Å². The van der Waals surface area contributed by atoms with Gasteiger partial charge >= 0.3 is 0 Å². The summed E-state index contributed by atoms with van der Waals surface area (Å²) in [5.74, 6) is 0. The number of hydrogen-bond donors (Lipinski definition) is 0. The minimum absolute atomic E-state index is 0.943. The van der Waals surface area contributed by atoms with Crippen molar-refractivity contribution in [3.05, 3.63) is 71.2 Å². The molecule has 0 aliphatic rings. The maximum absolute atomic E-state index is 6.26. The first-order valence-corrected chi connectivity index (χ1v) is 11.8. The summed E-state index contributed by atoms with van der Waals surface area (Å²) in [6, 6.07) is 24.1. The molecule has 0 unspecified atom stereocenters. The van der Waals surface area contributed by atoms with Crippen molar-refractivity contribution in [2.75, 3.05) is 0 Å². The van der Waals surface area contributed by atoms with Crippen LogP contribution in [0.1, 0.15) is 0 Å². The highest BCUT2D eigenvalue weighted by molar-refractivity contribution is 9.10. The Labute approximate surface area is 198 Å². The molecule has 0 bridgehead atoms. The molecule has 0 N–H and O–H groups in total. The van der Waals surface area contributed by atoms with E-state index in [9.17, 15) is 0 Å². The predicted molar refractivity (Wildman–Crippen MR) is 155 cm³/mol. The van der Waals surface area contributed by atoms with Crippen LogP contribution in [0, 0.1) is 0 Å². The van der Waals surface area contributed by atoms with Gasteiger partial charge in [0.25, 0.3) is 0 Å². The first-order chi connectivity index (χ1) is 15.4. The summed E-state index contributed by atoms with van der Waals surface area (Å²) >= 11 is 3.78. The van der Waals surface area contributed by atoms with Crippen molar-refractivity contribution in [1.29, 1.82) is 0 Å². The minimum Gasteiger partial charge on any atom is -0.456 e. The summed E-state index contributed by atoms with van der Waals surface area (Å²) in [6.07, 6.45) is 0. The fourth-order valence-corrected chi connectivity index (χ4v) is 5.65. The smallest absolute Gasteiger partial charge is 0.140 e. The normalized spacial score (nSPS) is 11.8. The van der Waals surface area contributed by atoms with Gasteiger partial charge in [-0.25, -0.2) is 0 Å². The van der Waals surface area contributed by atoms with Gasteiger partial charge in [-0.15, -0.1) is 0 Å². The number of benzene rings is 5. The third-order valence-electron chi connectivity index (χ3n) is 7.12. The summed E-state index contributed by atoms with van der Waals surface area (Å²) < 4.78 is 7.48. The SMILES string of the molecule is Bc1c(B)c(-c2ccc3cc4oc5cc6ccccc6cc5c4cc3c2)c(B)c(B)c1Br. The third-order valence-corrected chi connectivity index (χ3v) is 8.31. The van der Waals surface area contributed by atoms with Crippen molar-refractivity contribution in [2.45, 2.75) is 0 Å². The summed E-state index contributed by atoms with van der Waals surface area (Å²) in [6.45, 7) is 0. The molecule has 0 fully saturated rings. The van der Waals surface area contributed by atoms with E-state index >= 15 is 0 Å². The second kappa shape index (κ2) is 7.08. The molecule has 32 heavy (non-hydrogen) atoms. The van der Waals surface area contributed by atoms with E-state index in [0.717, 1.165) is 11.2 Å². The average molecular weight is 471 g/mol. The molecular formula is C26H19B4BrO. The number of furan rings is 1. The van der Waals surface area contributed by atoms with Crippen molar-refractivity contribution in [2.24, 2.45) is 0 Å². The lowest BCUT2D eigenvalue weighted by atomic mass is 9.66. The van der Waals surface area contributed by atoms with E-state index in [0.29, 0.717) is 0 Å². The van der Waals surface area contributed by atoms with Gasteiger partial charge in [-0.3, -0.25) is 0 Å². The Bertz CT molecular complexity index is 1710. The van der Waals surface area contributed by atoms with E-state index in [1.165, 1.54) is 69.8 Å². The first-order valence-electron chi connectivity index (χ1n) is 11.0. The van der Waals surface area contributed by atoms with Crippen LogP contribution in [0.25, 0.3) is 54.6 Å². The molecule has 0 saturated carbocycles. The van der Waals surface area contributed by atoms with E-state index in [1.807, 2.05) is 0 Å². The Hall–Kier alpha value is -2.84. The zero-order valence-corrected chi connectivity index (χ0v) is 20.2. The second-order valence-electron chi connectivity index (χ2n) is 8.90. The van der Waals surface area contributed by atoms with Crippen LogP contribution in [-0.4, -0.2) is 31.4 Å². The molecule has 0 amide bonds. The van der Waals surface area contributed by atoms with E-state index in [-0.39, 0.29) is 0 Å². The van der Waals surface area contributed by atoms with E-state index in [1.54, 1.807) is 0 Å². The number of rotatable bonds is 1. The molecule has 6 aromatic rings. The minimum atomic E-state index is 0.943. The summed E-state index contributed by atoms with van der Waals surface area (Å²) in [7, 11) is 8.84. The molecule has 0 spiro atoms. The topological polar surface area (TPSA) is 13.1 Å². The lowest BCUT2D eigenvalue weighted by Gasteiger charge is -2.19. The Morgan fingerprint density at radius 2 is 1.09 bits per heavy atom. The van der Waals surface area contributed by atoms with Crippen LogP contribution < -0.4 is 21.9 Å². The largest absolute Gasteiger partial charge is 0.456 e. The zero-order chi connectivity index (χ0) is 22.1. The summed E-state index contributed by atoms with van der Waals surface area (Å²) in [4.78, 5) is 0. The van der Waals surface area contributed by atoms with Gasteiger partial charge in [0.2, 0.25) is 0 Å². The van der Waals surface area contributed by atoms with E-state index in [2.05, 4.69) is 114 Å². The summed E-state index contributed by atoms with van der Waals surface area (Å²) in [5.41, 5.74) is 9.79. The molecule has 1 nitrogen and oxygen atoms in total. The second-order valence-corrected chi connectivity index (χ2v) is 9.69.